The summed E-state index contributed by atoms with van der Waals surface area (Å²) in [7, 11) is 1.26. The molecule has 11 nitrogen and oxygen atoms in total. The molecule has 0 N–H and O–H groups in total. The Kier molecular flexibility index (Phi) is 23.4. The number of ether oxygens (including phenoxy) is 4. The van der Waals surface area contributed by atoms with Crippen molar-refractivity contribution >= 4 is 92.5 Å². The third-order valence-electron chi connectivity index (χ3n) is 7.90. The Morgan fingerprint density at radius 3 is 1.15 bits per heavy atom. The molecule has 0 aliphatic rings. The lowest BCUT2D eigenvalue weighted by Crippen LogP contribution is -2.39. The number of nitrogens with zero attached hydrogens (tertiary/aromatic N) is 1. The van der Waals surface area contributed by atoms with Crippen LogP contribution >= 0.6 is 31.9 Å². The maximum absolute atomic E-state index is 14.6. The van der Waals surface area contributed by atoms with Crippen LogP contribution in [0.15, 0.2) is 151 Å². The van der Waals surface area contributed by atoms with Crippen molar-refractivity contribution in [3.05, 3.63) is 168 Å². The maximum Gasteiger partial charge on any atom is 0.331 e. The van der Waals surface area contributed by atoms with E-state index in [9.17, 15) is 32.8 Å². The zero-order chi connectivity index (χ0) is 45.0. The first-order chi connectivity index (χ1) is 30.0. The molecule has 324 valence electrons. The molecule has 0 saturated heterocycles. The number of esters is 4. The summed E-state index contributed by atoms with van der Waals surface area (Å²) in [6.45, 7) is -0.536. The standard InChI is InChI=1S/C24H23BrFNO5.C23H20BrFO5/c1-30-27-16-21(26)24(32-23(29)15-13-19-10-6-3-7-11-19)20(25)17-31-22(28)14-12-18-8-4-2-5-9-18;24-19(16-29-21(27)13-11-17-7-3-1-4-8-17)23(20(25)15-26)30-22(28)14-12-18-9-5-2-6-10-18/h2-16,20-21,24H,17H2,1H3;1-15,19-20,23H,16H2/b14-12+,15-13+,27-16?;13-11+,14-12+/t20-,21+,24+;19-,20+,23+/m00/s1. The smallest absolute Gasteiger partial charge is 0.331 e. The molecule has 62 heavy (non-hydrogen) atoms. The molecule has 6 atom stereocenters. The van der Waals surface area contributed by atoms with Crippen LogP contribution in [0.2, 0.25) is 0 Å². The predicted molar refractivity (Wildman–Crippen MR) is 240 cm³/mol. The lowest BCUT2D eigenvalue weighted by Gasteiger charge is -2.23. The zero-order valence-electron chi connectivity index (χ0n) is 33.2. The summed E-state index contributed by atoms with van der Waals surface area (Å²) in [5, 5.41) is 3.39. The van der Waals surface area contributed by atoms with Gasteiger partial charge >= 0.3 is 23.9 Å². The van der Waals surface area contributed by atoms with Crippen LogP contribution in [0.1, 0.15) is 22.3 Å². The molecule has 0 saturated carbocycles. The van der Waals surface area contributed by atoms with E-state index in [0.29, 0.717) is 0 Å². The van der Waals surface area contributed by atoms with Crippen molar-refractivity contribution in [1.82, 2.24) is 0 Å². The van der Waals surface area contributed by atoms with Crippen molar-refractivity contribution in [2.45, 2.75) is 34.2 Å². The lowest BCUT2D eigenvalue weighted by atomic mass is 10.1. The molecule has 4 aromatic rings. The summed E-state index contributed by atoms with van der Waals surface area (Å²) >= 11 is 6.37. The third kappa shape index (κ3) is 20.3. The molecule has 0 radical (unpaired) electrons. The van der Waals surface area contributed by atoms with Crippen molar-refractivity contribution in [1.29, 1.82) is 0 Å². The normalized spacial score (nSPS) is 14.3. The highest BCUT2D eigenvalue weighted by atomic mass is 79.9. The minimum atomic E-state index is -2.08. The predicted octanol–water partition coefficient (Wildman–Crippen LogP) is 8.77. The number of benzene rings is 4. The number of alkyl halides is 4. The zero-order valence-corrected chi connectivity index (χ0v) is 36.4. The Hall–Kier alpha value is -6.32. The monoisotopic (exact) mass is 977 g/mol. The molecule has 0 spiro atoms. The minimum absolute atomic E-state index is 0.0320. The van der Waals surface area contributed by atoms with Crippen LogP contribution < -0.4 is 0 Å². The van der Waals surface area contributed by atoms with Crippen LogP contribution in [0.5, 0.6) is 0 Å². The Morgan fingerprint density at radius 2 is 0.839 bits per heavy atom. The number of hydrogen-bond acceptors (Lipinski definition) is 11. The van der Waals surface area contributed by atoms with Gasteiger partial charge in [0.15, 0.2) is 30.8 Å². The van der Waals surface area contributed by atoms with Gasteiger partial charge in [-0.25, -0.2) is 28.0 Å². The number of halogens is 4. The number of aldehydes is 1. The highest BCUT2D eigenvalue weighted by Crippen LogP contribution is 2.19. The number of carbonyl (C=O) groups excluding carboxylic acids is 5. The van der Waals surface area contributed by atoms with Crippen LogP contribution in [-0.4, -0.2) is 90.9 Å². The molecule has 0 unspecified atom stereocenters. The second-order valence-electron chi connectivity index (χ2n) is 12.5. The van der Waals surface area contributed by atoms with Crippen LogP contribution in [0.4, 0.5) is 8.78 Å². The first-order valence-electron chi connectivity index (χ1n) is 18.7. The van der Waals surface area contributed by atoms with Gasteiger partial charge in [-0.05, 0) is 46.6 Å². The molecular formula is C47H43Br2F2NO10. The summed E-state index contributed by atoms with van der Waals surface area (Å²) in [5.41, 5.74) is 3.18. The fourth-order valence-electron chi connectivity index (χ4n) is 4.83. The number of hydrogen-bond donors (Lipinski definition) is 0. The summed E-state index contributed by atoms with van der Waals surface area (Å²) < 4.78 is 49.1. The summed E-state index contributed by atoms with van der Waals surface area (Å²) in [4.78, 5) is 61.7. The minimum Gasteiger partial charge on any atom is -0.461 e. The first-order valence-corrected chi connectivity index (χ1v) is 20.6. The van der Waals surface area contributed by atoms with E-state index in [0.717, 1.165) is 34.5 Å². The molecular weight excluding hydrogens is 936 g/mol. The van der Waals surface area contributed by atoms with Gasteiger partial charge in [0.05, 0.1) is 15.9 Å². The Bertz CT molecular complexity index is 2120. The van der Waals surface area contributed by atoms with E-state index >= 15 is 0 Å². The summed E-state index contributed by atoms with van der Waals surface area (Å²) in [5.74, 6) is -2.85. The SMILES string of the molecule is CON=C[C@@H](F)[C@H](OC(=O)/C=C/c1ccccc1)[C@@H](Br)COC(=O)/C=C/c1ccccc1.O=C[C@@H](F)[C@H](OC(=O)/C=C/c1ccccc1)[C@@H](Br)COC(=O)/C=C/c1ccccc1. The fraction of sp³-hybridized carbons (Fsp3) is 0.191. The molecule has 0 aliphatic heterocycles. The number of oxime groups is 1. The van der Waals surface area contributed by atoms with Gasteiger partial charge in [0.25, 0.3) is 0 Å². The molecule has 0 heterocycles. The Balaban J connectivity index is 0.000000331. The van der Waals surface area contributed by atoms with Crippen LogP contribution in [-0.2, 0) is 47.8 Å². The number of rotatable bonds is 21. The van der Waals surface area contributed by atoms with E-state index in [1.807, 2.05) is 84.9 Å². The van der Waals surface area contributed by atoms with E-state index < -0.39 is 58.1 Å². The van der Waals surface area contributed by atoms with Crippen molar-refractivity contribution in [2.75, 3.05) is 20.3 Å². The Morgan fingerprint density at radius 1 is 0.532 bits per heavy atom. The highest BCUT2D eigenvalue weighted by Gasteiger charge is 2.33. The van der Waals surface area contributed by atoms with Crippen LogP contribution in [0.25, 0.3) is 24.3 Å². The molecule has 0 aromatic heterocycles. The van der Waals surface area contributed by atoms with E-state index in [1.165, 1.54) is 31.4 Å². The average Bonchev–Trinajstić information content (AvgIpc) is 3.31. The molecule has 0 amide bonds. The van der Waals surface area contributed by atoms with Crippen molar-refractivity contribution in [3.8, 4) is 0 Å². The fourth-order valence-corrected chi connectivity index (χ4v) is 5.89. The van der Waals surface area contributed by atoms with E-state index in [-0.39, 0.29) is 19.5 Å². The quantitative estimate of drug-likeness (QED) is 0.0151. The van der Waals surface area contributed by atoms with Crippen molar-refractivity contribution < 1.29 is 56.5 Å². The van der Waals surface area contributed by atoms with Gasteiger partial charge in [0.1, 0.15) is 20.3 Å². The van der Waals surface area contributed by atoms with Crippen molar-refractivity contribution in [2.24, 2.45) is 5.16 Å². The van der Waals surface area contributed by atoms with Gasteiger partial charge in [0.2, 0.25) is 0 Å². The van der Waals surface area contributed by atoms with Crippen LogP contribution in [0.3, 0.4) is 0 Å². The van der Waals surface area contributed by atoms with E-state index in [4.69, 9.17) is 18.9 Å². The van der Waals surface area contributed by atoms with E-state index in [2.05, 4.69) is 41.9 Å². The van der Waals surface area contributed by atoms with E-state index in [1.54, 1.807) is 54.6 Å². The van der Waals surface area contributed by atoms with Gasteiger partial charge in [-0.2, -0.15) is 0 Å². The third-order valence-corrected chi connectivity index (χ3v) is 9.47. The van der Waals surface area contributed by atoms with Crippen LogP contribution in [0, 0.1) is 0 Å². The van der Waals surface area contributed by atoms with Gasteiger partial charge in [0, 0.05) is 24.3 Å². The molecule has 0 aliphatic carbocycles. The molecule has 0 bridgehead atoms. The second-order valence-corrected chi connectivity index (χ2v) is 14.9. The summed E-state index contributed by atoms with van der Waals surface area (Å²) in [6.07, 6.45) is 5.28. The number of carbonyl (C=O) groups is 5. The molecule has 0 fully saturated rings. The maximum atomic E-state index is 14.6. The second kappa shape index (κ2) is 29.0. The van der Waals surface area contributed by atoms with Crippen molar-refractivity contribution in [3.63, 3.8) is 0 Å². The topological polar surface area (TPSA) is 144 Å². The average molecular weight is 980 g/mol. The van der Waals surface area contributed by atoms with Gasteiger partial charge in [-0.1, -0.05) is 158 Å². The molecule has 15 heteroatoms. The largest absolute Gasteiger partial charge is 0.461 e. The van der Waals surface area contributed by atoms with Gasteiger partial charge < -0.3 is 23.8 Å². The van der Waals surface area contributed by atoms with Gasteiger partial charge in [-0.3, -0.25) is 4.79 Å². The molecule has 4 aromatic carbocycles. The lowest BCUT2D eigenvalue weighted by molar-refractivity contribution is -0.149. The molecule has 4 rings (SSSR count). The van der Waals surface area contributed by atoms with Gasteiger partial charge in [-0.15, -0.1) is 0 Å². The Labute approximate surface area is 375 Å². The summed E-state index contributed by atoms with van der Waals surface area (Å²) in [6, 6.07) is 36.4. The first kappa shape index (κ1) is 50.0. The highest BCUT2D eigenvalue weighted by molar-refractivity contribution is 9.09.